The van der Waals surface area contributed by atoms with Gasteiger partial charge in [-0.3, -0.25) is 19.7 Å². The van der Waals surface area contributed by atoms with Crippen molar-refractivity contribution < 1.29 is 28.7 Å². The zero-order valence-corrected chi connectivity index (χ0v) is 20.9. The highest BCUT2D eigenvalue weighted by molar-refractivity contribution is 5.78. The molecule has 2 aromatic carbocycles. The van der Waals surface area contributed by atoms with Crippen molar-refractivity contribution in [2.45, 2.75) is 47.1 Å². The van der Waals surface area contributed by atoms with E-state index in [0.29, 0.717) is 16.9 Å². The Hall–Kier alpha value is -3.88. The van der Waals surface area contributed by atoms with Crippen molar-refractivity contribution in [1.82, 2.24) is 0 Å². The molecular formula is C26H30N2O7. The maximum absolute atomic E-state index is 12.4. The fraction of sp³-hybridized carbons (Fsp3) is 0.385. The lowest BCUT2D eigenvalue weighted by atomic mass is 9.95. The number of esters is 2. The van der Waals surface area contributed by atoms with Gasteiger partial charge in [0.15, 0.2) is 11.5 Å². The molecule has 0 bridgehead atoms. The monoisotopic (exact) mass is 482 g/mol. The highest BCUT2D eigenvalue weighted by atomic mass is 16.6. The second-order valence-corrected chi connectivity index (χ2v) is 9.49. The molecule has 0 atom stereocenters. The first-order valence-corrected chi connectivity index (χ1v) is 11.3. The Kier molecular flexibility index (Phi) is 7.19. The van der Waals surface area contributed by atoms with Crippen molar-refractivity contribution in [1.29, 1.82) is 0 Å². The summed E-state index contributed by atoms with van der Waals surface area (Å²) in [5.74, 6) is -1.13. The fourth-order valence-electron chi connectivity index (χ4n) is 3.43. The first-order valence-electron chi connectivity index (χ1n) is 11.3. The van der Waals surface area contributed by atoms with Crippen LogP contribution in [0.4, 0.5) is 11.4 Å². The second kappa shape index (κ2) is 9.77. The van der Waals surface area contributed by atoms with Crippen molar-refractivity contribution in [2.24, 2.45) is 11.8 Å². The van der Waals surface area contributed by atoms with Gasteiger partial charge >= 0.3 is 11.9 Å². The van der Waals surface area contributed by atoms with Crippen LogP contribution >= 0.6 is 0 Å². The fourth-order valence-corrected chi connectivity index (χ4v) is 3.43. The zero-order valence-electron chi connectivity index (χ0n) is 20.9. The first kappa shape index (κ1) is 25.7. The van der Waals surface area contributed by atoms with Gasteiger partial charge in [-0.15, -0.1) is 0 Å². The number of ether oxygens (including phenoxy) is 3. The van der Waals surface area contributed by atoms with Crippen molar-refractivity contribution in [3.63, 3.8) is 0 Å². The van der Waals surface area contributed by atoms with Crippen molar-refractivity contribution >= 4 is 29.4 Å². The van der Waals surface area contributed by atoms with Gasteiger partial charge in [0.05, 0.1) is 22.8 Å². The van der Waals surface area contributed by atoms with Crippen LogP contribution in [-0.2, 0) is 15.2 Å². The van der Waals surface area contributed by atoms with E-state index >= 15 is 0 Å². The summed E-state index contributed by atoms with van der Waals surface area (Å²) in [7, 11) is 1.83. The number of hydrogen-bond donors (Lipinski definition) is 0. The first-order chi connectivity index (χ1) is 16.3. The van der Waals surface area contributed by atoms with Gasteiger partial charge < -0.3 is 19.1 Å². The molecule has 35 heavy (non-hydrogen) atoms. The van der Waals surface area contributed by atoms with E-state index in [0.717, 1.165) is 5.69 Å². The van der Waals surface area contributed by atoms with Gasteiger partial charge in [-0.25, -0.2) is 0 Å². The third kappa shape index (κ3) is 5.62. The van der Waals surface area contributed by atoms with Crippen LogP contribution in [0, 0.1) is 22.0 Å². The largest absolute Gasteiger partial charge is 0.479 e. The Bertz CT molecular complexity index is 1200. The Labute approximate surface area is 204 Å². The lowest BCUT2D eigenvalue weighted by Crippen LogP contribution is -2.28. The molecule has 0 N–H and O–H groups in total. The summed E-state index contributed by atoms with van der Waals surface area (Å²) in [4.78, 5) is 37.4. The maximum atomic E-state index is 12.4. The lowest BCUT2D eigenvalue weighted by Gasteiger charge is -2.31. The van der Waals surface area contributed by atoms with Gasteiger partial charge in [0.1, 0.15) is 11.4 Å². The molecule has 0 saturated carbocycles. The summed E-state index contributed by atoms with van der Waals surface area (Å²) in [6, 6.07) is 7.80. The molecule has 0 radical (unpaired) electrons. The normalized spacial score (nSPS) is 15.2. The number of fused-ring (bicyclic) bond motifs is 2. The summed E-state index contributed by atoms with van der Waals surface area (Å²) in [6.07, 6.45) is 3.40. The number of anilines is 1. The van der Waals surface area contributed by atoms with E-state index in [1.54, 1.807) is 52.1 Å². The molecule has 0 fully saturated rings. The Morgan fingerprint density at radius 3 is 2.26 bits per heavy atom. The Morgan fingerprint density at radius 1 is 1.03 bits per heavy atom. The van der Waals surface area contributed by atoms with Crippen LogP contribution in [0.2, 0.25) is 0 Å². The Balaban J connectivity index is 2.18. The molecule has 1 aliphatic heterocycles. The van der Waals surface area contributed by atoms with Gasteiger partial charge in [0.2, 0.25) is 0 Å². The van der Waals surface area contributed by atoms with Crippen LogP contribution in [-0.4, -0.2) is 23.9 Å². The number of nitro groups is 1. The van der Waals surface area contributed by atoms with Gasteiger partial charge in [-0.1, -0.05) is 27.7 Å². The summed E-state index contributed by atoms with van der Waals surface area (Å²) in [5, 5.41) is 11.6. The van der Waals surface area contributed by atoms with Crippen LogP contribution in [0.25, 0.3) is 6.08 Å². The number of hydrogen-bond acceptors (Lipinski definition) is 8. The zero-order chi connectivity index (χ0) is 26.1. The molecule has 1 aliphatic rings. The standard InChI is InChI=1S/C26H30N2O7/c1-15(2)24(29)33-19-8-9-21-20(14-19)26(5,6)35-23-17(10-11-27(21)7)12-18(28(31)32)13-22(23)34-25(30)16(3)4/h8-16H,1-7H3/b11-10-. The molecule has 0 unspecified atom stereocenters. The molecule has 0 aromatic heterocycles. The quantitative estimate of drug-likeness (QED) is 0.239. The van der Waals surface area contributed by atoms with Gasteiger partial charge in [-0.2, -0.15) is 0 Å². The number of benzene rings is 2. The van der Waals surface area contributed by atoms with Crippen molar-refractivity contribution in [3.05, 3.63) is 57.8 Å². The number of carbonyl (C=O) groups is 2. The SMILES string of the molecule is CC(C)C(=O)Oc1ccc2c(c1)C(C)(C)Oc1c(cc([N+](=O)[O-])cc1OC(=O)C(C)C)/C=C\N2C. The average Bonchev–Trinajstić information content (AvgIpc) is 2.81. The van der Waals surface area contributed by atoms with Crippen LogP contribution < -0.4 is 19.1 Å². The predicted octanol–water partition coefficient (Wildman–Crippen LogP) is 5.45. The third-order valence-electron chi connectivity index (χ3n) is 5.48. The molecule has 9 nitrogen and oxygen atoms in total. The highest BCUT2D eigenvalue weighted by Gasteiger charge is 2.33. The molecule has 2 aromatic rings. The van der Waals surface area contributed by atoms with E-state index in [4.69, 9.17) is 14.2 Å². The van der Waals surface area contributed by atoms with E-state index in [2.05, 4.69) is 0 Å². The minimum atomic E-state index is -1.01. The van der Waals surface area contributed by atoms with E-state index in [9.17, 15) is 19.7 Å². The maximum Gasteiger partial charge on any atom is 0.313 e. The molecule has 1 heterocycles. The molecule has 9 heteroatoms. The molecular weight excluding hydrogens is 452 g/mol. The predicted molar refractivity (Wildman–Crippen MR) is 132 cm³/mol. The highest BCUT2D eigenvalue weighted by Crippen LogP contribution is 2.44. The van der Waals surface area contributed by atoms with E-state index < -0.39 is 22.4 Å². The van der Waals surface area contributed by atoms with Gasteiger partial charge in [0, 0.05) is 36.1 Å². The number of non-ortho nitro benzene ring substituents is 1. The minimum absolute atomic E-state index is 0.0425. The lowest BCUT2D eigenvalue weighted by molar-refractivity contribution is -0.385. The third-order valence-corrected chi connectivity index (χ3v) is 5.48. The smallest absolute Gasteiger partial charge is 0.313 e. The van der Waals surface area contributed by atoms with Gasteiger partial charge in [-0.05, 0) is 38.1 Å². The summed E-state index contributed by atoms with van der Waals surface area (Å²) in [5.41, 5.74) is 0.609. The van der Waals surface area contributed by atoms with Crippen LogP contribution in [0.15, 0.2) is 36.5 Å². The molecule has 3 rings (SSSR count). The van der Waals surface area contributed by atoms with Crippen molar-refractivity contribution in [3.8, 4) is 17.2 Å². The van der Waals surface area contributed by atoms with E-state index in [-0.39, 0.29) is 29.1 Å². The van der Waals surface area contributed by atoms with Crippen LogP contribution in [0.1, 0.15) is 52.7 Å². The summed E-state index contributed by atoms with van der Waals surface area (Å²) < 4.78 is 17.5. The molecule has 186 valence electrons. The number of carbonyl (C=O) groups excluding carboxylic acids is 2. The van der Waals surface area contributed by atoms with Crippen LogP contribution in [0.3, 0.4) is 0 Å². The molecule has 0 amide bonds. The second-order valence-electron chi connectivity index (χ2n) is 9.49. The van der Waals surface area contributed by atoms with Gasteiger partial charge in [0.25, 0.3) is 5.69 Å². The van der Waals surface area contributed by atoms with E-state index in [1.165, 1.54) is 12.1 Å². The Morgan fingerprint density at radius 2 is 1.66 bits per heavy atom. The number of nitrogens with zero attached hydrogens (tertiary/aromatic N) is 2. The number of nitro benzene ring substituents is 1. The average molecular weight is 483 g/mol. The minimum Gasteiger partial charge on any atom is -0.479 e. The topological polar surface area (TPSA) is 108 Å². The molecule has 0 saturated heterocycles. The summed E-state index contributed by atoms with van der Waals surface area (Å²) in [6.45, 7) is 10.5. The van der Waals surface area contributed by atoms with Crippen molar-refractivity contribution in [2.75, 3.05) is 11.9 Å². The number of rotatable bonds is 5. The summed E-state index contributed by atoms with van der Waals surface area (Å²) >= 11 is 0. The van der Waals surface area contributed by atoms with Crippen LogP contribution in [0.5, 0.6) is 17.2 Å². The molecule has 0 aliphatic carbocycles. The molecule has 0 spiro atoms. The van der Waals surface area contributed by atoms with E-state index in [1.807, 2.05) is 31.9 Å².